The van der Waals surface area contributed by atoms with Crippen LogP contribution in [0.4, 0.5) is 11.8 Å². The van der Waals surface area contributed by atoms with Crippen LogP contribution >= 0.6 is 11.6 Å². The summed E-state index contributed by atoms with van der Waals surface area (Å²) in [7, 11) is 5.16. The van der Waals surface area contributed by atoms with Gasteiger partial charge in [-0.05, 0) is 35.9 Å². The maximum absolute atomic E-state index is 11.5. The monoisotopic (exact) mass is 370 g/mol. The van der Waals surface area contributed by atoms with Gasteiger partial charge in [0.15, 0.2) is 0 Å². The number of halogens is 1. The minimum atomic E-state index is -0.350. The van der Waals surface area contributed by atoms with Crippen molar-refractivity contribution < 1.29 is 9.53 Å². The lowest BCUT2D eigenvalue weighted by Gasteiger charge is -2.15. The average molecular weight is 371 g/mol. The number of esters is 1. The third-order valence-corrected chi connectivity index (χ3v) is 4.12. The molecule has 0 aliphatic rings. The molecule has 3 aromatic rings. The first kappa shape index (κ1) is 17.9. The number of hydrogen-bond acceptors (Lipinski definition) is 6. The SMILES string of the molecule is COC(=O)c1ccc(CNc2nc(N(C)C)nc3ccc(Cl)cc23)cc1. The van der Waals surface area contributed by atoms with Crippen LogP contribution < -0.4 is 10.2 Å². The average Bonchev–Trinajstić information content (AvgIpc) is 2.65. The van der Waals surface area contributed by atoms with E-state index in [2.05, 4.69) is 15.3 Å². The summed E-state index contributed by atoms with van der Waals surface area (Å²) in [6.07, 6.45) is 0. The topological polar surface area (TPSA) is 67.3 Å². The third-order valence-electron chi connectivity index (χ3n) is 3.88. The van der Waals surface area contributed by atoms with E-state index < -0.39 is 0 Å². The van der Waals surface area contributed by atoms with Gasteiger partial charge in [-0.2, -0.15) is 4.98 Å². The van der Waals surface area contributed by atoms with Crippen LogP contribution in [0.3, 0.4) is 0 Å². The van der Waals surface area contributed by atoms with Crippen molar-refractivity contribution in [3.8, 4) is 0 Å². The number of methoxy groups -OCH3 is 1. The summed E-state index contributed by atoms with van der Waals surface area (Å²) in [5.41, 5.74) is 2.35. The van der Waals surface area contributed by atoms with E-state index in [4.69, 9.17) is 16.3 Å². The van der Waals surface area contributed by atoms with Gasteiger partial charge in [0.2, 0.25) is 5.95 Å². The van der Waals surface area contributed by atoms with Gasteiger partial charge in [-0.15, -0.1) is 0 Å². The van der Waals surface area contributed by atoms with Gasteiger partial charge in [-0.1, -0.05) is 23.7 Å². The molecule has 7 heteroatoms. The Balaban J connectivity index is 1.87. The maximum Gasteiger partial charge on any atom is 0.337 e. The molecule has 0 amide bonds. The first-order valence-corrected chi connectivity index (χ1v) is 8.41. The molecular formula is C19H19ClN4O2. The zero-order chi connectivity index (χ0) is 18.7. The quantitative estimate of drug-likeness (QED) is 0.690. The van der Waals surface area contributed by atoms with Crippen LogP contribution in [-0.2, 0) is 11.3 Å². The van der Waals surface area contributed by atoms with Crippen molar-refractivity contribution in [2.45, 2.75) is 6.54 Å². The summed E-state index contributed by atoms with van der Waals surface area (Å²) >= 11 is 6.13. The summed E-state index contributed by atoms with van der Waals surface area (Å²) < 4.78 is 4.71. The van der Waals surface area contributed by atoms with Crippen LogP contribution in [0.15, 0.2) is 42.5 Å². The highest BCUT2D eigenvalue weighted by molar-refractivity contribution is 6.31. The molecule has 0 unspecified atom stereocenters. The van der Waals surface area contributed by atoms with E-state index in [9.17, 15) is 4.79 Å². The van der Waals surface area contributed by atoms with Crippen molar-refractivity contribution in [1.82, 2.24) is 9.97 Å². The number of carbonyl (C=O) groups is 1. The van der Waals surface area contributed by atoms with Crippen molar-refractivity contribution >= 4 is 40.2 Å². The van der Waals surface area contributed by atoms with E-state index in [0.29, 0.717) is 28.9 Å². The van der Waals surface area contributed by atoms with E-state index in [-0.39, 0.29) is 5.97 Å². The van der Waals surface area contributed by atoms with Crippen LogP contribution in [0.25, 0.3) is 10.9 Å². The fraction of sp³-hybridized carbons (Fsp3) is 0.211. The van der Waals surface area contributed by atoms with E-state index in [1.54, 1.807) is 12.1 Å². The normalized spacial score (nSPS) is 10.6. The highest BCUT2D eigenvalue weighted by Gasteiger charge is 2.10. The lowest BCUT2D eigenvalue weighted by Crippen LogP contribution is -2.14. The highest BCUT2D eigenvalue weighted by atomic mass is 35.5. The minimum Gasteiger partial charge on any atom is -0.465 e. The molecule has 134 valence electrons. The van der Waals surface area contributed by atoms with Crippen molar-refractivity contribution in [2.24, 2.45) is 0 Å². The van der Waals surface area contributed by atoms with E-state index in [0.717, 1.165) is 16.5 Å². The van der Waals surface area contributed by atoms with Crippen molar-refractivity contribution in [1.29, 1.82) is 0 Å². The standard InChI is InChI=1S/C19H19ClN4O2/c1-24(2)19-22-16-9-8-14(20)10-15(16)17(23-19)21-11-12-4-6-13(7-5-12)18(25)26-3/h4-10H,11H2,1-3H3,(H,21,22,23). The van der Waals surface area contributed by atoms with Crippen LogP contribution in [0.2, 0.25) is 5.02 Å². The predicted molar refractivity (Wildman–Crippen MR) is 104 cm³/mol. The van der Waals surface area contributed by atoms with Gasteiger partial charge in [0.1, 0.15) is 5.82 Å². The second-order valence-electron chi connectivity index (χ2n) is 5.97. The molecule has 2 aromatic carbocycles. The van der Waals surface area contributed by atoms with Crippen molar-refractivity contribution in [3.63, 3.8) is 0 Å². The molecule has 0 atom stereocenters. The summed E-state index contributed by atoms with van der Waals surface area (Å²) in [6.45, 7) is 0.549. The second-order valence-corrected chi connectivity index (χ2v) is 6.41. The number of carbonyl (C=O) groups excluding carboxylic acids is 1. The molecule has 1 aromatic heterocycles. The Kier molecular flexibility index (Phi) is 5.23. The number of rotatable bonds is 5. The van der Waals surface area contributed by atoms with Gasteiger partial charge in [0, 0.05) is 31.0 Å². The lowest BCUT2D eigenvalue weighted by molar-refractivity contribution is 0.0600. The fourth-order valence-electron chi connectivity index (χ4n) is 2.49. The van der Waals surface area contributed by atoms with Crippen LogP contribution in [0.5, 0.6) is 0 Å². The molecule has 6 nitrogen and oxygen atoms in total. The van der Waals surface area contributed by atoms with E-state index >= 15 is 0 Å². The zero-order valence-corrected chi connectivity index (χ0v) is 15.5. The number of nitrogens with zero attached hydrogens (tertiary/aromatic N) is 3. The minimum absolute atomic E-state index is 0.350. The van der Waals surface area contributed by atoms with Crippen LogP contribution in [0, 0.1) is 0 Å². The highest BCUT2D eigenvalue weighted by Crippen LogP contribution is 2.26. The molecular weight excluding hydrogens is 352 g/mol. The van der Waals surface area contributed by atoms with Gasteiger partial charge in [-0.25, -0.2) is 9.78 Å². The van der Waals surface area contributed by atoms with Crippen LogP contribution in [0.1, 0.15) is 15.9 Å². The lowest BCUT2D eigenvalue weighted by atomic mass is 10.1. The van der Waals surface area contributed by atoms with Gasteiger partial charge < -0.3 is 15.0 Å². The summed E-state index contributed by atoms with van der Waals surface area (Å²) in [5.74, 6) is 0.971. The maximum atomic E-state index is 11.5. The summed E-state index contributed by atoms with van der Waals surface area (Å²) in [4.78, 5) is 22.5. The molecule has 0 aliphatic heterocycles. The molecule has 3 rings (SSSR count). The third kappa shape index (κ3) is 3.86. The Labute approximate surface area is 156 Å². The summed E-state index contributed by atoms with van der Waals surface area (Å²) in [5, 5.41) is 4.82. The van der Waals surface area contributed by atoms with Gasteiger partial charge in [0.05, 0.1) is 18.2 Å². The van der Waals surface area contributed by atoms with E-state index in [1.165, 1.54) is 7.11 Å². The number of nitrogens with one attached hydrogen (secondary N) is 1. The van der Waals surface area contributed by atoms with Crippen LogP contribution in [-0.4, -0.2) is 37.1 Å². The van der Waals surface area contributed by atoms with Gasteiger partial charge in [0.25, 0.3) is 0 Å². The molecule has 0 spiro atoms. The number of ether oxygens (including phenoxy) is 1. The molecule has 0 bridgehead atoms. The van der Waals surface area contributed by atoms with Gasteiger partial charge in [-0.3, -0.25) is 0 Å². The van der Waals surface area contributed by atoms with Crippen molar-refractivity contribution in [3.05, 3.63) is 58.6 Å². The Morgan fingerprint density at radius 2 is 1.88 bits per heavy atom. The molecule has 0 radical (unpaired) electrons. The molecule has 0 fully saturated rings. The smallest absolute Gasteiger partial charge is 0.337 e. The molecule has 26 heavy (non-hydrogen) atoms. The first-order valence-electron chi connectivity index (χ1n) is 8.03. The molecule has 0 saturated carbocycles. The Hall–Kier alpha value is -2.86. The Bertz CT molecular complexity index is 942. The molecule has 1 heterocycles. The van der Waals surface area contributed by atoms with E-state index in [1.807, 2.05) is 49.3 Å². The Morgan fingerprint density at radius 1 is 1.15 bits per heavy atom. The number of fused-ring (bicyclic) bond motifs is 1. The first-order chi connectivity index (χ1) is 12.5. The summed E-state index contributed by atoms with van der Waals surface area (Å²) in [6, 6.07) is 12.8. The van der Waals surface area contributed by atoms with Crippen molar-refractivity contribution in [2.75, 3.05) is 31.4 Å². The number of benzene rings is 2. The number of hydrogen-bond donors (Lipinski definition) is 1. The molecule has 0 aliphatic carbocycles. The predicted octanol–water partition coefficient (Wildman–Crippen LogP) is 3.75. The number of aromatic nitrogens is 2. The molecule has 1 N–H and O–H groups in total. The largest absolute Gasteiger partial charge is 0.465 e. The second kappa shape index (κ2) is 7.58. The van der Waals surface area contributed by atoms with Gasteiger partial charge >= 0.3 is 5.97 Å². The zero-order valence-electron chi connectivity index (χ0n) is 14.8. The fourth-order valence-corrected chi connectivity index (χ4v) is 2.66. The molecule has 0 saturated heterocycles. The Morgan fingerprint density at radius 3 is 2.54 bits per heavy atom. The number of anilines is 2.